The Morgan fingerprint density at radius 1 is 1.25 bits per heavy atom. The van der Waals surface area contributed by atoms with Crippen molar-refractivity contribution in [2.24, 2.45) is 5.73 Å². The largest absolute Gasteiger partial charge is 0.388 e. The maximum absolute atomic E-state index is 13.2. The van der Waals surface area contributed by atoms with Crippen molar-refractivity contribution in [2.45, 2.75) is 13.0 Å². The molecule has 0 spiro atoms. The molecule has 1 aromatic heterocycles. The summed E-state index contributed by atoms with van der Waals surface area (Å²) >= 11 is 0. The van der Waals surface area contributed by atoms with Gasteiger partial charge in [0.05, 0.1) is 12.0 Å². The van der Waals surface area contributed by atoms with Crippen molar-refractivity contribution in [1.29, 1.82) is 5.41 Å². The average Bonchev–Trinajstić information content (AvgIpc) is 2.44. The number of anilines is 1. The van der Waals surface area contributed by atoms with E-state index in [1.807, 2.05) is 30.3 Å². The van der Waals surface area contributed by atoms with Crippen molar-refractivity contribution >= 4 is 11.5 Å². The topological polar surface area (TPSA) is 66.0 Å². The van der Waals surface area contributed by atoms with Gasteiger partial charge in [-0.1, -0.05) is 18.2 Å². The van der Waals surface area contributed by atoms with Gasteiger partial charge in [0, 0.05) is 31.4 Å². The van der Waals surface area contributed by atoms with Gasteiger partial charge in [0.2, 0.25) is 0 Å². The molecule has 2 aromatic rings. The Kier molecular flexibility index (Phi) is 4.65. The van der Waals surface area contributed by atoms with Gasteiger partial charge in [-0.25, -0.2) is 4.39 Å². The van der Waals surface area contributed by atoms with Crippen LogP contribution in [0.15, 0.2) is 48.8 Å². The zero-order chi connectivity index (χ0) is 14.4. The van der Waals surface area contributed by atoms with Gasteiger partial charge in [-0.05, 0) is 23.8 Å². The highest BCUT2D eigenvalue weighted by atomic mass is 19.1. The lowest BCUT2D eigenvalue weighted by atomic mass is 10.2. The molecule has 0 aliphatic heterocycles. The molecule has 0 fully saturated rings. The summed E-state index contributed by atoms with van der Waals surface area (Å²) in [6.07, 6.45) is 3.30. The number of benzene rings is 1. The second-order valence-corrected chi connectivity index (χ2v) is 4.54. The SMILES string of the molecule is N=C(N)CCN(Cc1cncc(F)c1)c1ccccc1. The first-order valence-corrected chi connectivity index (χ1v) is 6.37. The third-order valence-corrected chi connectivity index (χ3v) is 2.91. The quantitative estimate of drug-likeness (QED) is 0.627. The molecular weight excluding hydrogens is 255 g/mol. The smallest absolute Gasteiger partial charge is 0.141 e. The highest BCUT2D eigenvalue weighted by Crippen LogP contribution is 2.17. The van der Waals surface area contributed by atoms with Crippen LogP contribution in [0.1, 0.15) is 12.0 Å². The monoisotopic (exact) mass is 272 g/mol. The molecule has 0 radical (unpaired) electrons. The van der Waals surface area contributed by atoms with Gasteiger partial charge in [-0.2, -0.15) is 0 Å². The molecule has 4 nitrogen and oxygen atoms in total. The molecule has 0 aliphatic carbocycles. The molecule has 0 bridgehead atoms. The van der Waals surface area contributed by atoms with E-state index in [-0.39, 0.29) is 11.7 Å². The van der Waals surface area contributed by atoms with Crippen molar-refractivity contribution < 1.29 is 4.39 Å². The highest BCUT2D eigenvalue weighted by molar-refractivity contribution is 5.77. The van der Waals surface area contributed by atoms with Crippen LogP contribution in [0.2, 0.25) is 0 Å². The van der Waals surface area contributed by atoms with Crippen LogP contribution in [0.25, 0.3) is 0 Å². The van der Waals surface area contributed by atoms with E-state index in [1.54, 1.807) is 6.20 Å². The summed E-state index contributed by atoms with van der Waals surface area (Å²) in [6.45, 7) is 1.14. The summed E-state index contributed by atoms with van der Waals surface area (Å²) in [6, 6.07) is 11.3. The number of rotatable bonds is 6. The minimum Gasteiger partial charge on any atom is -0.388 e. The maximum Gasteiger partial charge on any atom is 0.141 e. The number of hydrogen-bond acceptors (Lipinski definition) is 3. The van der Waals surface area contributed by atoms with Crippen LogP contribution < -0.4 is 10.6 Å². The molecule has 20 heavy (non-hydrogen) atoms. The number of halogens is 1. The number of para-hydroxylation sites is 1. The molecule has 0 atom stereocenters. The van der Waals surface area contributed by atoms with Crippen molar-refractivity contribution in [3.05, 3.63) is 60.2 Å². The first kappa shape index (κ1) is 14.0. The molecule has 0 saturated carbocycles. The Hall–Kier alpha value is -2.43. The third-order valence-electron chi connectivity index (χ3n) is 2.91. The van der Waals surface area contributed by atoms with Crippen molar-refractivity contribution in [3.63, 3.8) is 0 Å². The number of pyridine rings is 1. The van der Waals surface area contributed by atoms with Crippen LogP contribution in [0, 0.1) is 11.2 Å². The van der Waals surface area contributed by atoms with Crippen molar-refractivity contribution in [2.75, 3.05) is 11.4 Å². The van der Waals surface area contributed by atoms with Crippen LogP contribution in [-0.4, -0.2) is 17.4 Å². The van der Waals surface area contributed by atoms with E-state index < -0.39 is 0 Å². The predicted molar refractivity (Wildman–Crippen MR) is 78.2 cm³/mol. The lowest BCUT2D eigenvalue weighted by molar-refractivity contribution is 0.617. The molecule has 2 rings (SSSR count). The van der Waals surface area contributed by atoms with E-state index in [2.05, 4.69) is 9.88 Å². The van der Waals surface area contributed by atoms with Gasteiger partial charge in [0.1, 0.15) is 5.82 Å². The van der Waals surface area contributed by atoms with Gasteiger partial charge in [0.25, 0.3) is 0 Å². The number of hydrogen-bond donors (Lipinski definition) is 2. The van der Waals surface area contributed by atoms with E-state index in [0.717, 1.165) is 11.3 Å². The molecule has 0 aliphatic rings. The molecule has 0 unspecified atom stereocenters. The molecule has 0 saturated heterocycles. The standard InChI is InChI=1S/C15H17FN4/c16-13-8-12(9-19-10-13)11-20(7-6-15(17)18)14-4-2-1-3-5-14/h1-5,8-10H,6-7,11H2,(H3,17,18). The maximum atomic E-state index is 13.2. The Morgan fingerprint density at radius 2 is 2.00 bits per heavy atom. The van der Waals surface area contributed by atoms with E-state index in [4.69, 9.17) is 11.1 Å². The van der Waals surface area contributed by atoms with Gasteiger partial charge < -0.3 is 10.6 Å². The second kappa shape index (κ2) is 6.65. The summed E-state index contributed by atoms with van der Waals surface area (Å²) in [5.41, 5.74) is 7.22. The lowest BCUT2D eigenvalue weighted by Gasteiger charge is -2.24. The molecule has 0 amide bonds. The Balaban J connectivity index is 2.16. The number of amidine groups is 1. The summed E-state index contributed by atoms with van der Waals surface area (Å²) < 4.78 is 13.2. The first-order chi connectivity index (χ1) is 9.65. The number of nitrogens with two attached hydrogens (primary N) is 1. The minimum atomic E-state index is -0.345. The third kappa shape index (κ3) is 4.05. The zero-order valence-corrected chi connectivity index (χ0v) is 11.1. The number of aromatic nitrogens is 1. The van der Waals surface area contributed by atoms with Gasteiger partial charge in [-0.15, -0.1) is 0 Å². The van der Waals surface area contributed by atoms with Crippen LogP contribution in [-0.2, 0) is 6.54 Å². The van der Waals surface area contributed by atoms with E-state index >= 15 is 0 Å². The molecule has 3 N–H and O–H groups in total. The molecule has 1 aromatic carbocycles. The van der Waals surface area contributed by atoms with Crippen LogP contribution in [0.3, 0.4) is 0 Å². The Bertz CT molecular complexity index is 571. The number of nitrogens with one attached hydrogen (secondary N) is 1. The average molecular weight is 272 g/mol. The fourth-order valence-electron chi connectivity index (χ4n) is 1.96. The Morgan fingerprint density at radius 3 is 2.65 bits per heavy atom. The summed E-state index contributed by atoms with van der Waals surface area (Å²) in [5.74, 6) is -0.203. The highest BCUT2D eigenvalue weighted by Gasteiger charge is 2.08. The van der Waals surface area contributed by atoms with E-state index in [1.165, 1.54) is 12.3 Å². The summed E-state index contributed by atoms with van der Waals surface area (Å²) in [4.78, 5) is 5.91. The second-order valence-electron chi connectivity index (χ2n) is 4.54. The van der Waals surface area contributed by atoms with Crippen LogP contribution in [0.5, 0.6) is 0 Å². The van der Waals surface area contributed by atoms with Gasteiger partial charge in [0.15, 0.2) is 0 Å². The number of nitrogens with zero attached hydrogens (tertiary/aromatic N) is 2. The molecule has 104 valence electrons. The minimum absolute atomic E-state index is 0.142. The first-order valence-electron chi connectivity index (χ1n) is 6.37. The Labute approximate surface area is 117 Å². The predicted octanol–water partition coefficient (Wildman–Crippen LogP) is 2.55. The van der Waals surface area contributed by atoms with Crippen LogP contribution in [0.4, 0.5) is 10.1 Å². The van der Waals surface area contributed by atoms with Crippen LogP contribution >= 0.6 is 0 Å². The summed E-state index contributed by atoms with van der Waals surface area (Å²) in [5, 5.41) is 7.34. The van der Waals surface area contributed by atoms with E-state index in [0.29, 0.717) is 19.5 Å². The van der Waals surface area contributed by atoms with Crippen molar-refractivity contribution in [1.82, 2.24) is 4.98 Å². The van der Waals surface area contributed by atoms with Gasteiger partial charge in [-0.3, -0.25) is 10.4 Å². The molecule has 1 heterocycles. The van der Waals surface area contributed by atoms with Crippen molar-refractivity contribution in [3.8, 4) is 0 Å². The van der Waals surface area contributed by atoms with E-state index in [9.17, 15) is 4.39 Å². The fourth-order valence-corrected chi connectivity index (χ4v) is 1.96. The van der Waals surface area contributed by atoms with Gasteiger partial charge >= 0.3 is 0 Å². The normalized spacial score (nSPS) is 10.2. The summed E-state index contributed by atoms with van der Waals surface area (Å²) in [7, 11) is 0. The fraction of sp³-hybridized carbons (Fsp3) is 0.200. The molecule has 5 heteroatoms. The lowest BCUT2D eigenvalue weighted by Crippen LogP contribution is -2.27. The zero-order valence-electron chi connectivity index (χ0n) is 11.1. The molecular formula is C15H17FN4.